The molecule has 2 aliphatic rings. The second-order valence-corrected chi connectivity index (χ2v) is 13.5. The van der Waals surface area contributed by atoms with Gasteiger partial charge in [0.15, 0.2) is 14.9 Å². The monoisotopic (exact) mass is 640 g/mol. The quantitative estimate of drug-likeness (QED) is 0.341. The van der Waals surface area contributed by atoms with Crippen molar-refractivity contribution in [3.05, 3.63) is 68.7 Å². The van der Waals surface area contributed by atoms with Crippen LogP contribution in [0.1, 0.15) is 18.9 Å². The lowest BCUT2D eigenvalue weighted by Crippen LogP contribution is -2.42. The highest BCUT2D eigenvalue weighted by molar-refractivity contribution is 9.10. The molecule has 0 saturated carbocycles. The standard InChI is InChI=1S/C26H27BrCl2N4O4S/c1-26(16-18-3-5-19(27)6-4-18)24(34)32(22-14-20(28)13-21(29)15-22)25-30-17-23(33(25)26)38(35,36)12-2-7-31-8-10-37-11-9-31/h3-6,13-15,17H,2,7-12,16H2,1H3. The minimum absolute atomic E-state index is 0.0260. The third-order valence-electron chi connectivity index (χ3n) is 6.95. The third-order valence-corrected chi connectivity index (χ3v) is 9.66. The number of halogens is 3. The summed E-state index contributed by atoms with van der Waals surface area (Å²) in [5.41, 5.74) is 0.0571. The van der Waals surface area contributed by atoms with Crippen molar-refractivity contribution < 1.29 is 17.9 Å². The molecule has 1 atom stereocenters. The minimum Gasteiger partial charge on any atom is -0.379 e. The molecule has 1 amide bonds. The summed E-state index contributed by atoms with van der Waals surface area (Å²) in [5, 5.41) is 0.741. The van der Waals surface area contributed by atoms with Crippen LogP contribution in [-0.4, -0.2) is 67.4 Å². The number of rotatable bonds is 8. The Morgan fingerprint density at radius 1 is 1.08 bits per heavy atom. The van der Waals surface area contributed by atoms with Gasteiger partial charge in [0.1, 0.15) is 5.54 Å². The Kier molecular flexibility index (Phi) is 7.92. The zero-order valence-corrected chi connectivity index (χ0v) is 24.7. The summed E-state index contributed by atoms with van der Waals surface area (Å²) in [6.07, 6.45) is 2.09. The Balaban J connectivity index is 1.53. The summed E-state index contributed by atoms with van der Waals surface area (Å²) in [7, 11) is -3.75. The molecule has 2 aromatic carbocycles. The number of fused-ring (bicyclic) bond motifs is 1. The molecule has 38 heavy (non-hydrogen) atoms. The van der Waals surface area contributed by atoms with Crippen molar-refractivity contribution >= 4 is 66.5 Å². The molecule has 12 heteroatoms. The summed E-state index contributed by atoms with van der Waals surface area (Å²) < 4.78 is 35.2. The minimum atomic E-state index is -3.75. The van der Waals surface area contributed by atoms with Crippen molar-refractivity contribution in [1.29, 1.82) is 0 Å². The van der Waals surface area contributed by atoms with Gasteiger partial charge in [-0.05, 0) is 55.8 Å². The number of hydrogen-bond acceptors (Lipinski definition) is 6. The maximum atomic E-state index is 14.1. The van der Waals surface area contributed by atoms with E-state index in [1.807, 2.05) is 24.3 Å². The maximum absolute atomic E-state index is 14.1. The van der Waals surface area contributed by atoms with E-state index in [4.69, 9.17) is 27.9 Å². The van der Waals surface area contributed by atoms with Crippen LogP contribution in [0.3, 0.4) is 0 Å². The molecule has 1 saturated heterocycles. The van der Waals surface area contributed by atoms with Gasteiger partial charge < -0.3 is 4.74 Å². The van der Waals surface area contributed by atoms with E-state index in [1.165, 1.54) is 11.1 Å². The fraction of sp³-hybridized carbons (Fsp3) is 0.385. The predicted octanol–water partition coefficient (Wildman–Crippen LogP) is 5.08. The molecule has 3 aromatic rings. The molecule has 202 valence electrons. The van der Waals surface area contributed by atoms with Gasteiger partial charge in [-0.1, -0.05) is 51.3 Å². The number of amides is 1. The van der Waals surface area contributed by atoms with E-state index in [-0.39, 0.29) is 29.1 Å². The Morgan fingerprint density at radius 2 is 1.74 bits per heavy atom. The molecule has 2 aliphatic heterocycles. The molecular formula is C26H27BrCl2N4O4S. The molecule has 0 spiro atoms. The first-order valence-corrected chi connectivity index (χ1v) is 15.4. The molecule has 0 N–H and O–H groups in total. The lowest BCUT2D eigenvalue weighted by atomic mass is 9.92. The zero-order chi connectivity index (χ0) is 27.1. The fourth-order valence-electron chi connectivity index (χ4n) is 5.06. The average Bonchev–Trinajstić information content (AvgIpc) is 3.39. The van der Waals surface area contributed by atoms with E-state index < -0.39 is 15.4 Å². The Hall–Kier alpha value is -1.95. The molecule has 0 bridgehead atoms. The Morgan fingerprint density at radius 3 is 2.39 bits per heavy atom. The zero-order valence-electron chi connectivity index (χ0n) is 20.7. The van der Waals surface area contributed by atoms with E-state index in [0.29, 0.717) is 41.9 Å². The van der Waals surface area contributed by atoms with Gasteiger partial charge in [0.25, 0.3) is 5.91 Å². The third kappa shape index (κ3) is 5.39. The van der Waals surface area contributed by atoms with Gasteiger partial charge in [0, 0.05) is 34.0 Å². The van der Waals surface area contributed by atoms with Crippen molar-refractivity contribution in [2.75, 3.05) is 43.5 Å². The number of aromatic nitrogens is 2. The van der Waals surface area contributed by atoms with Gasteiger partial charge >= 0.3 is 0 Å². The number of anilines is 2. The second kappa shape index (κ2) is 10.9. The summed E-state index contributed by atoms with van der Waals surface area (Å²) in [4.78, 5) is 22.1. The summed E-state index contributed by atoms with van der Waals surface area (Å²) in [5.74, 6) is -0.146. The molecule has 1 fully saturated rings. The van der Waals surface area contributed by atoms with Crippen molar-refractivity contribution in [3.8, 4) is 0 Å². The first kappa shape index (κ1) is 27.6. The Labute approximate surface area is 240 Å². The number of imidazole rings is 1. The van der Waals surface area contributed by atoms with E-state index in [0.717, 1.165) is 23.1 Å². The molecule has 0 aliphatic carbocycles. The molecular weight excluding hydrogens is 615 g/mol. The van der Waals surface area contributed by atoms with Gasteiger partial charge in [-0.25, -0.2) is 18.3 Å². The highest BCUT2D eigenvalue weighted by Gasteiger charge is 2.51. The molecule has 8 nitrogen and oxygen atoms in total. The van der Waals surface area contributed by atoms with Crippen LogP contribution in [0.2, 0.25) is 10.0 Å². The summed E-state index contributed by atoms with van der Waals surface area (Å²) in [6, 6.07) is 12.4. The second-order valence-electron chi connectivity index (χ2n) is 9.70. The smallest absolute Gasteiger partial charge is 0.260 e. The topological polar surface area (TPSA) is 84.7 Å². The SMILES string of the molecule is CC1(Cc2ccc(Br)cc2)C(=O)N(c2cc(Cl)cc(Cl)c2)c2ncc(S(=O)(=O)CCCN3CCOCC3)n21. The normalized spacial score (nSPS) is 20.2. The van der Waals surface area contributed by atoms with Crippen LogP contribution in [0, 0.1) is 0 Å². The number of hydrogen-bond donors (Lipinski definition) is 0. The van der Waals surface area contributed by atoms with Crippen LogP contribution in [-0.2, 0) is 31.3 Å². The number of carbonyl (C=O) groups is 1. The first-order chi connectivity index (χ1) is 18.1. The van der Waals surface area contributed by atoms with Crippen molar-refractivity contribution in [3.63, 3.8) is 0 Å². The van der Waals surface area contributed by atoms with Gasteiger partial charge in [-0.2, -0.15) is 0 Å². The largest absolute Gasteiger partial charge is 0.379 e. The first-order valence-electron chi connectivity index (χ1n) is 12.2. The van der Waals surface area contributed by atoms with Gasteiger partial charge in [0.05, 0.1) is 30.9 Å². The van der Waals surface area contributed by atoms with Gasteiger partial charge in [-0.15, -0.1) is 0 Å². The molecule has 1 unspecified atom stereocenters. The average molecular weight is 642 g/mol. The number of morpholine rings is 1. The molecule has 0 radical (unpaired) electrons. The fourth-order valence-corrected chi connectivity index (χ4v) is 7.33. The number of carbonyl (C=O) groups excluding carboxylic acids is 1. The van der Waals surface area contributed by atoms with Crippen LogP contribution in [0.4, 0.5) is 11.6 Å². The summed E-state index contributed by atoms with van der Waals surface area (Å²) >= 11 is 16.0. The van der Waals surface area contributed by atoms with Gasteiger partial charge in [0.2, 0.25) is 5.95 Å². The van der Waals surface area contributed by atoms with Crippen molar-refractivity contribution in [2.24, 2.45) is 0 Å². The van der Waals surface area contributed by atoms with Crippen molar-refractivity contribution in [2.45, 2.75) is 30.3 Å². The van der Waals surface area contributed by atoms with Crippen LogP contribution in [0.15, 0.2) is 58.2 Å². The lowest BCUT2D eigenvalue weighted by molar-refractivity contribution is -0.124. The molecule has 1 aromatic heterocycles. The van der Waals surface area contributed by atoms with E-state index in [2.05, 4.69) is 25.8 Å². The highest BCUT2D eigenvalue weighted by Crippen LogP contribution is 2.44. The Bertz CT molecular complexity index is 1440. The number of sulfone groups is 1. The molecule has 3 heterocycles. The van der Waals surface area contributed by atoms with E-state index >= 15 is 0 Å². The van der Waals surface area contributed by atoms with E-state index in [1.54, 1.807) is 29.7 Å². The number of benzene rings is 2. The molecule has 5 rings (SSSR count). The lowest BCUT2D eigenvalue weighted by Gasteiger charge is -2.27. The van der Waals surface area contributed by atoms with Crippen LogP contribution in [0.5, 0.6) is 0 Å². The van der Waals surface area contributed by atoms with Crippen LogP contribution in [0.25, 0.3) is 0 Å². The van der Waals surface area contributed by atoms with E-state index in [9.17, 15) is 13.2 Å². The van der Waals surface area contributed by atoms with Crippen LogP contribution < -0.4 is 4.90 Å². The van der Waals surface area contributed by atoms with Crippen molar-refractivity contribution in [1.82, 2.24) is 14.5 Å². The van der Waals surface area contributed by atoms with Crippen LogP contribution >= 0.6 is 39.1 Å². The summed E-state index contributed by atoms with van der Waals surface area (Å²) in [6.45, 7) is 5.30. The number of ether oxygens (including phenoxy) is 1. The predicted molar refractivity (Wildman–Crippen MR) is 151 cm³/mol. The maximum Gasteiger partial charge on any atom is 0.260 e. The highest BCUT2D eigenvalue weighted by atomic mass is 79.9. The number of nitrogens with zero attached hydrogens (tertiary/aromatic N) is 4. The van der Waals surface area contributed by atoms with Gasteiger partial charge in [-0.3, -0.25) is 14.3 Å².